The molecule has 0 saturated heterocycles. The van der Waals surface area contributed by atoms with Crippen LogP contribution < -0.4 is 15.1 Å². The van der Waals surface area contributed by atoms with E-state index in [0.717, 1.165) is 21.5 Å². The molecule has 144 valence electrons. The molecule has 1 amide bonds. The van der Waals surface area contributed by atoms with E-state index in [1.807, 2.05) is 66.2 Å². The van der Waals surface area contributed by atoms with Crippen molar-refractivity contribution < 1.29 is 9.53 Å². The number of amides is 1. The topological polar surface area (TPSA) is 58.9 Å². The highest BCUT2D eigenvalue weighted by Crippen LogP contribution is 2.17. The van der Waals surface area contributed by atoms with Gasteiger partial charge in [0, 0.05) is 36.1 Å². The molecule has 1 heterocycles. The minimum absolute atomic E-state index is 0.105. The lowest BCUT2D eigenvalue weighted by Gasteiger charge is -2.13. The Kier molecular flexibility index (Phi) is 6.49. The normalized spacial score (nSPS) is 10.8. The average Bonchev–Trinajstić information content (AvgIpc) is 3.16. The third kappa shape index (κ3) is 5.23. The number of nitrogens with zero attached hydrogens (tertiary/aromatic N) is 3. The summed E-state index contributed by atoms with van der Waals surface area (Å²) >= 11 is 3.35. The van der Waals surface area contributed by atoms with Crippen molar-refractivity contribution in [1.82, 2.24) is 9.99 Å². The molecular weight excluding hydrogens is 420 g/mol. The van der Waals surface area contributed by atoms with E-state index in [-0.39, 0.29) is 12.5 Å². The van der Waals surface area contributed by atoms with Gasteiger partial charge in [-0.05, 0) is 60.7 Å². The molecule has 0 spiro atoms. The van der Waals surface area contributed by atoms with Crippen molar-refractivity contribution in [1.29, 1.82) is 0 Å². The van der Waals surface area contributed by atoms with E-state index >= 15 is 0 Å². The predicted molar refractivity (Wildman–Crippen MR) is 115 cm³/mol. The summed E-state index contributed by atoms with van der Waals surface area (Å²) in [6.45, 7) is -0.105. The van der Waals surface area contributed by atoms with Crippen molar-refractivity contribution >= 4 is 33.7 Å². The lowest BCUT2D eigenvalue weighted by molar-refractivity contribution is -0.123. The van der Waals surface area contributed by atoms with Crippen molar-refractivity contribution in [3.63, 3.8) is 0 Å². The molecule has 0 bridgehead atoms. The standard InChI is InChI=1S/C21H21BrN4O2/c1-25(2)17-7-9-18(10-8-17)26-13-3-4-19(26)14-23-24-21(27)15-28-20-11-5-16(22)6-12-20/h3-14H,15H2,1-2H3,(H,24,27)/b23-14-. The van der Waals surface area contributed by atoms with Crippen LogP contribution in [0.1, 0.15) is 5.69 Å². The Balaban J connectivity index is 1.57. The smallest absolute Gasteiger partial charge is 0.277 e. The van der Waals surface area contributed by atoms with Crippen molar-refractivity contribution in [2.45, 2.75) is 0 Å². The molecular formula is C21H21BrN4O2. The first-order chi connectivity index (χ1) is 13.5. The van der Waals surface area contributed by atoms with Gasteiger partial charge in [0.05, 0.1) is 11.9 Å². The zero-order valence-corrected chi connectivity index (χ0v) is 17.3. The third-order valence-electron chi connectivity index (χ3n) is 3.99. The average molecular weight is 441 g/mol. The van der Waals surface area contributed by atoms with Crippen LogP contribution in [-0.2, 0) is 4.79 Å². The van der Waals surface area contributed by atoms with Crippen molar-refractivity contribution in [3.05, 3.63) is 77.0 Å². The van der Waals surface area contributed by atoms with Crippen molar-refractivity contribution in [3.8, 4) is 11.4 Å². The molecule has 1 N–H and O–H groups in total. The fourth-order valence-corrected chi connectivity index (χ4v) is 2.79. The second-order valence-electron chi connectivity index (χ2n) is 6.25. The molecule has 3 aromatic rings. The number of ether oxygens (including phenoxy) is 1. The third-order valence-corrected chi connectivity index (χ3v) is 4.52. The number of nitrogens with one attached hydrogen (secondary N) is 1. The maximum Gasteiger partial charge on any atom is 0.277 e. The molecule has 2 aromatic carbocycles. The number of rotatable bonds is 7. The Labute approximate surface area is 172 Å². The first-order valence-electron chi connectivity index (χ1n) is 8.68. The molecule has 0 atom stereocenters. The molecule has 1 aromatic heterocycles. The zero-order chi connectivity index (χ0) is 19.9. The SMILES string of the molecule is CN(C)c1ccc(-n2cccc2/C=N\NC(=O)COc2ccc(Br)cc2)cc1. The molecule has 0 aliphatic carbocycles. The fourth-order valence-electron chi connectivity index (χ4n) is 2.53. The van der Waals surface area contributed by atoms with Crippen LogP contribution in [0.5, 0.6) is 5.75 Å². The van der Waals surface area contributed by atoms with Gasteiger partial charge in [-0.25, -0.2) is 5.43 Å². The van der Waals surface area contributed by atoms with Gasteiger partial charge in [0.2, 0.25) is 0 Å². The molecule has 28 heavy (non-hydrogen) atoms. The molecule has 6 nitrogen and oxygen atoms in total. The Bertz CT molecular complexity index is 947. The van der Waals surface area contributed by atoms with Gasteiger partial charge in [0.1, 0.15) is 5.75 Å². The second kappa shape index (κ2) is 9.23. The minimum atomic E-state index is -0.326. The number of hydrogen-bond acceptors (Lipinski definition) is 4. The highest BCUT2D eigenvalue weighted by Gasteiger charge is 2.04. The number of aromatic nitrogens is 1. The lowest BCUT2D eigenvalue weighted by Crippen LogP contribution is -2.24. The number of benzene rings is 2. The summed E-state index contributed by atoms with van der Waals surface area (Å²) in [7, 11) is 4.01. The van der Waals surface area contributed by atoms with Gasteiger partial charge in [0.15, 0.2) is 6.61 Å². The highest BCUT2D eigenvalue weighted by atomic mass is 79.9. The van der Waals surface area contributed by atoms with E-state index in [2.05, 4.69) is 38.6 Å². The van der Waals surface area contributed by atoms with Crippen LogP contribution in [0, 0.1) is 0 Å². The number of anilines is 1. The number of hydrogen-bond donors (Lipinski definition) is 1. The number of halogens is 1. The van der Waals surface area contributed by atoms with E-state index in [4.69, 9.17) is 4.74 Å². The Morgan fingerprint density at radius 3 is 2.54 bits per heavy atom. The Morgan fingerprint density at radius 2 is 1.86 bits per heavy atom. The summed E-state index contributed by atoms with van der Waals surface area (Å²) in [5.41, 5.74) is 5.48. The van der Waals surface area contributed by atoms with E-state index < -0.39 is 0 Å². The largest absolute Gasteiger partial charge is 0.484 e. The van der Waals surface area contributed by atoms with E-state index in [1.54, 1.807) is 18.3 Å². The summed E-state index contributed by atoms with van der Waals surface area (Å²) in [6.07, 6.45) is 3.56. The van der Waals surface area contributed by atoms with Crippen molar-refractivity contribution in [2.24, 2.45) is 5.10 Å². The summed E-state index contributed by atoms with van der Waals surface area (Å²) in [5, 5.41) is 4.03. The van der Waals surface area contributed by atoms with Gasteiger partial charge in [-0.3, -0.25) is 4.79 Å². The van der Waals surface area contributed by atoms with Gasteiger partial charge in [-0.15, -0.1) is 0 Å². The second-order valence-corrected chi connectivity index (χ2v) is 7.17. The molecule has 0 aliphatic rings. The molecule has 0 aliphatic heterocycles. The maximum absolute atomic E-state index is 11.9. The van der Waals surface area contributed by atoms with Crippen LogP contribution in [0.3, 0.4) is 0 Å². The van der Waals surface area contributed by atoms with Gasteiger partial charge in [-0.1, -0.05) is 15.9 Å². The fraction of sp³-hybridized carbons (Fsp3) is 0.143. The zero-order valence-electron chi connectivity index (χ0n) is 15.7. The van der Waals surface area contributed by atoms with E-state index in [1.165, 1.54) is 0 Å². The van der Waals surface area contributed by atoms with Crippen LogP contribution in [0.25, 0.3) is 5.69 Å². The summed E-state index contributed by atoms with van der Waals surface area (Å²) < 4.78 is 8.36. The van der Waals surface area contributed by atoms with Gasteiger partial charge in [0.25, 0.3) is 5.91 Å². The van der Waals surface area contributed by atoms with Gasteiger partial charge in [-0.2, -0.15) is 5.10 Å². The Morgan fingerprint density at radius 1 is 1.14 bits per heavy atom. The predicted octanol–water partition coefficient (Wildman–Crippen LogP) is 3.83. The molecule has 0 unspecified atom stereocenters. The van der Waals surface area contributed by atoms with Crippen LogP contribution >= 0.6 is 15.9 Å². The molecule has 7 heteroatoms. The van der Waals surface area contributed by atoms with Crippen LogP contribution in [0.2, 0.25) is 0 Å². The van der Waals surface area contributed by atoms with Crippen LogP contribution in [0.4, 0.5) is 5.69 Å². The molecule has 3 rings (SSSR count). The molecule has 0 saturated carbocycles. The van der Waals surface area contributed by atoms with Gasteiger partial charge >= 0.3 is 0 Å². The Hall–Kier alpha value is -3.06. The summed E-state index contributed by atoms with van der Waals surface area (Å²) in [4.78, 5) is 13.9. The minimum Gasteiger partial charge on any atom is -0.484 e. The molecule has 0 fully saturated rings. The van der Waals surface area contributed by atoms with Crippen LogP contribution in [0.15, 0.2) is 76.4 Å². The van der Waals surface area contributed by atoms with Gasteiger partial charge < -0.3 is 14.2 Å². The monoisotopic (exact) mass is 440 g/mol. The highest BCUT2D eigenvalue weighted by molar-refractivity contribution is 9.10. The quantitative estimate of drug-likeness (QED) is 0.448. The maximum atomic E-state index is 11.9. The lowest BCUT2D eigenvalue weighted by atomic mass is 10.2. The van der Waals surface area contributed by atoms with Crippen LogP contribution in [-0.4, -0.2) is 37.4 Å². The van der Waals surface area contributed by atoms with E-state index in [0.29, 0.717) is 5.75 Å². The number of carbonyl (C=O) groups is 1. The molecule has 0 radical (unpaired) electrons. The van der Waals surface area contributed by atoms with E-state index in [9.17, 15) is 4.79 Å². The first kappa shape index (κ1) is 19.7. The first-order valence-corrected chi connectivity index (χ1v) is 9.47. The number of carbonyl (C=O) groups excluding carboxylic acids is 1. The van der Waals surface area contributed by atoms with Crippen molar-refractivity contribution in [2.75, 3.05) is 25.6 Å². The number of hydrazone groups is 1. The summed E-state index contributed by atoms with van der Waals surface area (Å²) in [5.74, 6) is 0.296. The summed E-state index contributed by atoms with van der Waals surface area (Å²) in [6, 6.07) is 19.3.